The van der Waals surface area contributed by atoms with E-state index in [1.54, 1.807) is 11.8 Å². The topological polar surface area (TPSA) is 46.0 Å². The van der Waals surface area contributed by atoms with Crippen LogP contribution >= 0.6 is 23.3 Å². The van der Waals surface area contributed by atoms with Crippen LogP contribution in [0.3, 0.4) is 0 Å². The molecule has 68 valence electrons. The SMILES string of the molecule is CCc1nsc(SCCCO)n1. The van der Waals surface area contributed by atoms with Crippen molar-refractivity contribution in [1.82, 2.24) is 9.36 Å². The highest BCUT2D eigenvalue weighted by Crippen LogP contribution is 2.20. The molecule has 0 aromatic carbocycles. The van der Waals surface area contributed by atoms with Gasteiger partial charge in [0.25, 0.3) is 0 Å². The van der Waals surface area contributed by atoms with Gasteiger partial charge in [0, 0.05) is 18.8 Å². The molecule has 0 saturated carbocycles. The van der Waals surface area contributed by atoms with Crippen molar-refractivity contribution in [3.8, 4) is 0 Å². The van der Waals surface area contributed by atoms with E-state index in [0.717, 1.165) is 28.8 Å². The molecule has 0 fully saturated rings. The first-order valence-electron chi connectivity index (χ1n) is 3.93. The van der Waals surface area contributed by atoms with E-state index < -0.39 is 0 Å². The fourth-order valence-electron chi connectivity index (χ4n) is 0.664. The normalized spacial score (nSPS) is 10.5. The number of aromatic nitrogens is 2. The Balaban J connectivity index is 2.31. The summed E-state index contributed by atoms with van der Waals surface area (Å²) < 4.78 is 5.17. The molecule has 0 spiro atoms. The van der Waals surface area contributed by atoms with Crippen LogP contribution in [-0.4, -0.2) is 26.8 Å². The Morgan fingerprint density at radius 3 is 3.00 bits per heavy atom. The van der Waals surface area contributed by atoms with Crippen molar-refractivity contribution in [1.29, 1.82) is 0 Å². The lowest BCUT2D eigenvalue weighted by Crippen LogP contribution is -1.85. The standard InChI is InChI=1S/C7H12N2OS2/c1-2-6-8-7(12-9-6)11-5-3-4-10/h10H,2-5H2,1H3. The smallest absolute Gasteiger partial charge is 0.170 e. The summed E-state index contributed by atoms with van der Waals surface area (Å²) in [5, 5.41) is 8.55. The van der Waals surface area contributed by atoms with Gasteiger partial charge in [-0.2, -0.15) is 4.37 Å². The van der Waals surface area contributed by atoms with E-state index in [-0.39, 0.29) is 6.61 Å². The summed E-state index contributed by atoms with van der Waals surface area (Å²) in [4.78, 5) is 4.29. The van der Waals surface area contributed by atoms with Gasteiger partial charge < -0.3 is 5.11 Å². The minimum absolute atomic E-state index is 0.256. The second kappa shape index (κ2) is 5.50. The van der Waals surface area contributed by atoms with Crippen LogP contribution in [0.2, 0.25) is 0 Å². The molecule has 0 bridgehead atoms. The van der Waals surface area contributed by atoms with Gasteiger partial charge in [0.1, 0.15) is 5.82 Å². The number of aliphatic hydroxyl groups excluding tert-OH is 1. The third-order valence-electron chi connectivity index (χ3n) is 1.29. The molecule has 0 aliphatic rings. The quantitative estimate of drug-likeness (QED) is 0.584. The molecule has 0 radical (unpaired) electrons. The predicted molar refractivity (Wildman–Crippen MR) is 51.7 cm³/mol. The highest BCUT2D eigenvalue weighted by molar-refractivity contribution is 8.00. The fourth-order valence-corrected chi connectivity index (χ4v) is 2.35. The van der Waals surface area contributed by atoms with Gasteiger partial charge in [-0.1, -0.05) is 18.7 Å². The first kappa shape index (κ1) is 9.95. The molecule has 1 N–H and O–H groups in total. The van der Waals surface area contributed by atoms with Crippen molar-refractivity contribution in [2.45, 2.75) is 24.1 Å². The number of nitrogens with zero attached hydrogens (tertiary/aromatic N) is 2. The lowest BCUT2D eigenvalue weighted by Gasteiger charge is -1.91. The largest absolute Gasteiger partial charge is 0.396 e. The zero-order valence-electron chi connectivity index (χ0n) is 6.99. The summed E-state index contributed by atoms with van der Waals surface area (Å²) in [6, 6.07) is 0. The molecule has 1 rings (SSSR count). The molecule has 1 aromatic heterocycles. The maximum Gasteiger partial charge on any atom is 0.170 e. The predicted octanol–water partition coefficient (Wildman–Crippen LogP) is 1.57. The van der Waals surface area contributed by atoms with E-state index in [0.29, 0.717) is 0 Å². The number of aryl methyl sites for hydroxylation is 1. The highest BCUT2D eigenvalue weighted by Gasteiger charge is 2.01. The molecule has 3 nitrogen and oxygen atoms in total. The minimum Gasteiger partial charge on any atom is -0.396 e. The van der Waals surface area contributed by atoms with Crippen molar-refractivity contribution >= 4 is 23.3 Å². The lowest BCUT2D eigenvalue weighted by atomic mass is 10.5. The summed E-state index contributed by atoms with van der Waals surface area (Å²) in [6.07, 6.45) is 1.72. The first-order valence-corrected chi connectivity index (χ1v) is 5.69. The Labute approximate surface area is 80.4 Å². The maximum atomic E-state index is 8.55. The van der Waals surface area contributed by atoms with E-state index in [1.165, 1.54) is 11.5 Å². The van der Waals surface area contributed by atoms with Crippen LogP contribution in [0.5, 0.6) is 0 Å². The summed E-state index contributed by atoms with van der Waals surface area (Å²) in [7, 11) is 0. The molecule has 0 aliphatic carbocycles. The molecule has 0 aliphatic heterocycles. The molecule has 0 unspecified atom stereocenters. The summed E-state index contributed by atoms with van der Waals surface area (Å²) >= 11 is 3.11. The molecular weight excluding hydrogens is 192 g/mol. The Morgan fingerprint density at radius 2 is 2.42 bits per heavy atom. The van der Waals surface area contributed by atoms with Crippen LogP contribution in [-0.2, 0) is 6.42 Å². The molecule has 1 heterocycles. The van der Waals surface area contributed by atoms with E-state index >= 15 is 0 Å². The van der Waals surface area contributed by atoms with Crippen LogP contribution in [0.25, 0.3) is 0 Å². The van der Waals surface area contributed by atoms with Gasteiger partial charge in [-0.3, -0.25) is 0 Å². The van der Waals surface area contributed by atoms with Crippen molar-refractivity contribution < 1.29 is 5.11 Å². The number of aliphatic hydroxyl groups is 1. The van der Waals surface area contributed by atoms with Crippen molar-refractivity contribution in [3.63, 3.8) is 0 Å². The zero-order valence-corrected chi connectivity index (χ0v) is 8.62. The van der Waals surface area contributed by atoms with Gasteiger partial charge in [0.15, 0.2) is 4.34 Å². The van der Waals surface area contributed by atoms with Crippen molar-refractivity contribution in [2.24, 2.45) is 0 Å². The average Bonchev–Trinajstić information content (AvgIpc) is 2.53. The lowest BCUT2D eigenvalue weighted by molar-refractivity contribution is 0.296. The summed E-state index contributed by atoms with van der Waals surface area (Å²) in [5.74, 6) is 1.85. The van der Waals surface area contributed by atoms with E-state index in [9.17, 15) is 0 Å². The molecule has 0 atom stereocenters. The highest BCUT2D eigenvalue weighted by atomic mass is 32.2. The third kappa shape index (κ3) is 3.08. The van der Waals surface area contributed by atoms with Gasteiger partial charge in [-0.25, -0.2) is 4.98 Å². The van der Waals surface area contributed by atoms with Gasteiger partial charge in [-0.05, 0) is 18.0 Å². The average molecular weight is 204 g/mol. The fraction of sp³-hybridized carbons (Fsp3) is 0.714. The van der Waals surface area contributed by atoms with Gasteiger partial charge >= 0.3 is 0 Å². The third-order valence-corrected chi connectivity index (χ3v) is 3.25. The van der Waals surface area contributed by atoms with Crippen LogP contribution < -0.4 is 0 Å². The van der Waals surface area contributed by atoms with E-state index in [1.807, 2.05) is 6.92 Å². The Bertz CT molecular complexity index is 227. The summed E-state index contributed by atoms with van der Waals surface area (Å²) in [5.41, 5.74) is 0. The Hall–Kier alpha value is -0.130. The molecule has 1 aromatic rings. The number of rotatable bonds is 5. The molecule has 0 amide bonds. The van der Waals surface area contributed by atoms with Gasteiger partial charge in [0.2, 0.25) is 0 Å². The Morgan fingerprint density at radius 1 is 1.58 bits per heavy atom. The second-order valence-corrected chi connectivity index (χ2v) is 4.35. The van der Waals surface area contributed by atoms with Crippen molar-refractivity contribution in [3.05, 3.63) is 5.82 Å². The van der Waals surface area contributed by atoms with Crippen molar-refractivity contribution in [2.75, 3.05) is 12.4 Å². The number of hydrogen-bond donors (Lipinski definition) is 1. The van der Waals surface area contributed by atoms with E-state index in [4.69, 9.17) is 5.11 Å². The minimum atomic E-state index is 0.256. The number of thioether (sulfide) groups is 1. The van der Waals surface area contributed by atoms with Gasteiger partial charge in [-0.15, -0.1) is 0 Å². The second-order valence-electron chi connectivity index (χ2n) is 2.26. The summed E-state index contributed by atoms with van der Waals surface area (Å²) in [6.45, 7) is 2.30. The van der Waals surface area contributed by atoms with Gasteiger partial charge in [0.05, 0.1) is 0 Å². The Kier molecular flexibility index (Phi) is 4.57. The monoisotopic (exact) mass is 204 g/mol. The van der Waals surface area contributed by atoms with E-state index in [2.05, 4.69) is 9.36 Å². The first-order chi connectivity index (χ1) is 5.86. The molecular formula is C7H12N2OS2. The molecule has 0 saturated heterocycles. The maximum absolute atomic E-state index is 8.55. The number of hydrogen-bond acceptors (Lipinski definition) is 5. The van der Waals surface area contributed by atoms with Crippen LogP contribution in [0.1, 0.15) is 19.2 Å². The van der Waals surface area contributed by atoms with Crippen LogP contribution in [0, 0.1) is 0 Å². The molecule has 12 heavy (non-hydrogen) atoms. The van der Waals surface area contributed by atoms with Crippen LogP contribution in [0.15, 0.2) is 4.34 Å². The van der Waals surface area contributed by atoms with Crippen LogP contribution in [0.4, 0.5) is 0 Å². The zero-order chi connectivity index (χ0) is 8.81. The molecule has 5 heteroatoms.